The topological polar surface area (TPSA) is 131 Å². The Morgan fingerprint density at radius 2 is 2.02 bits per heavy atom. The third kappa shape index (κ3) is 5.30. The van der Waals surface area contributed by atoms with Gasteiger partial charge >= 0.3 is 6.01 Å². The molecule has 12 nitrogen and oxygen atoms in total. The van der Waals surface area contributed by atoms with Crippen molar-refractivity contribution in [3.63, 3.8) is 0 Å². The number of rotatable bonds is 7. The second-order valence-electron chi connectivity index (χ2n) is 11.4. The number of nitrogens with one attached hydrogen (secondary N) is 1. The third-order valence-electron chi connectivity index (χ3n) is 8.60. The summed E-state index contributed by atoms with van der Waals surface area (Å²) >= 11 is 0. The number of nitrogens with zero attached hydrogens (tertiary/aromatic N) is 7. The number of hydrogen-bond acceptors (Lipinski definition) is 10. The molecule has 1 amide bonds. The number of amides is 1. The fourth-order valence-electron chi connectivity index (χ4n) is 6.41. The van der Waals surface area contributed by atoms with Crippen LogP contribution in [0.15, 0.2) is 30.5 Å². The molecule has 13 heteroatoms. The summed E-state index contributed by atoms with van der Waals surface area (Å²) in [5, 5.41) is 23.8. The van der Waals surface area contributed by atoms with Crippen LogP contribution in [0.5, 0.6) is 11.8 Å². The molecule has 0 bridgehead atoms. The van der Waals surface area contributed by atoms with E-state index in [2.05, 4.69) is 20.6 Å². The highest BCUT2D eigenvalue weighted by Gasteiger charge is 2.37. The lowest BCUT2D eigenvalue weighted by molar-refractivity contribution is 0.0997. The molecule has 0 saturated carbocycles. The van der Waals surface area contributed by atoms with Gasteiger partial charge in [-0.15, -0.1) is 5.10 Å². The van der Waals surface area contributed by atoms with Gasteiger partial charge in [0.1, 0.15) is 35.2 Å². The zero-order chi connectivity index (χ0) is 30.2. The molecule has 0 radical (unpaired) electrons. The fourth-order valence-corrected chi connectivity index (χ4v) is 6.41. The third-order valence-corrected chi connectivity index (χ3v) is 8.60. The molecule has 2 fully saturated rings. The van der Waals surface area contributed by atoms with Gasteiger partial charge in [0.2, 0.25) is 0 Å². The summed E-state index contributed by atoms with van der Waals surface area (Å²) in [6.45, 7) is 6.36. The first-order chi connectivity index (χ1) is 21.5. The molecular formula is C31H35FN8O4. The van der Waals surface area contributed by atoms with Gasteiger partial charge in [-0.3, -0.25) is 4.79 Å². The largest absolute Gasteiger partial charge is 0.508 e. The van der Waals surface area contributed by atoms with E-state index in [0.29, 0.717) is 83.6 Å². The van der Waals surface area contributed by atoms with E-state index in [1.54, 1.807) is 17.0 Å². The number of aromatic nitrogens is 5. The summed E-state index contributed by atoms with van der Waals surface area (Å²) in [6.07, 6.45) is 5.09. The summed E-state index contributed by atoms with van der Waals surface area (Å²) in [5.41, 5.74) is 2.46. The lowest BCUT2D eigenvalue weighted by Gasteiger charge is -2.23. The van der Waals surface area contributed by atoms with E-state index in [0.717, 1.165) is 32.4 Å². The van der Waals surface area contributed by atoms with Crippen molar-refractivity contribution in [3.05, 3.63) is 58.8 Å². The summed E-state index contributed by atoms with van der Waals surface area (Å²) < 4.78 is 28.6. The van der Waals surface area contributed by atoms with E-state index in [9.17, 15) is 14.3 Å². The molecule has 2 N–H and O–H groups in total. The van der Waals surface area contributed by atoms with Crippen molar-refractivity contribution in [1.82, 2.24) is 30.3 Å². The standard InChI is InChI=1S/C31H35FN8O4/c1-2-23-24(32)5-4-19-14-22(41)15-26(27(19)23)39-17-25-28(30(39)42)29(38-10-3-12-43-13-11-38)35-31(34-25)44-18-20-16-40(37-36-20)21-6-8-33-9-7-21/h4-5,14-16,21,33,41H,2-3,6-13,17-18H2,1H3. The maximum Gasteiger partial charge on any atom is 0.319 e. The molecule has 0 atom stereocenters. The molecule has 2 saturated heterocycles. The van der Waals surface area contributed by atoms with Gasteiger partial charge in [-0.1, -0.05) is 18.2 Å². The van der Waals surface area contributed by atoms with E-state index in [4.69, 9.17) is 14.5 Å². The number of anilines is 2. The van der Waals surface area contributed by atoms with Gasteiger partial charge in [0.15, 0.2) is 0 Å². The number of aryl methyl sites for hydroxylation is 1. The predicted molar refractivity (Wildman–Crippen MR) is 161 cm³/mol. The summed E-state index contributed by atoms with van der Waals surface area (Å²) in [5.74, 6) is -0.195. The van der Waals surface area contributed by atoms with Crippen LogP contribution >= 0.6 is 0 Å². The lowest BCUT2D eigenvalue weighted by atomic mass is 9.99. The van der Waals surface area contributed by atoms with E-state index < -0.39 is 0 Å². The summed E-state index contributed by atoms with van der Waals surface area (Å²) in [7, 11) is 0. The first-order valence-electron chi connectivity index (χ1n) is 15.2. The molecule has 0 unspecified atom stereocenters. The van der Waals surface area contributed by atoms with Crippen LogP contribution in [0.3, 0.4) is 0 Å². The quantitative estimate of drug-likeness (QED) is 0.324. The normalized spacial score (nSPS) is 17.7. The number of carbonyl (C=O) groups excluding carboxylic acids is 1. The van der Waals surface area contributed by atoms with Crippen molar-refractivity contribution in [3.8, 4) is 11.8 Å². The lowest BCUT2D eigenvalue weighted by Crippen LogP contribution is -2.30. The monoisotopic (exact) mass is 602 g/mol. The zero-order valence-corrected chi connectivity index (χ0v) is 24.6. The smallest absolute Gasteiger partial charge is 0.319 e. The average Bonchev–Trinajstić information content (AvgIpc) is 3.54. The van der Waals surface area contributed by atoms with Crippen LogP contribution in [0.1, 0.15) is 59.5 Å². The first kappa shape index (κ1) is 28.4. The number of ether oxygens (including phenoxy) is 2. The SMILES string of the molecule is CCc1c(F)ccc2cc(O)cc(N3Cc4nc(OCc5cn(C6CCNCC6)nn5)nc(N5CCCOCC5)c4C3=O)c12. The van der Waals surface area contributed by atoms with E-state index >= 15 is 0 Å². The molecule has 7 rings (SSSR count). The Hall–Kier alpha value is -4.36. The van der Waals surface area contributed by atoms with Crippen LogP contribution in [0.25, 0.3) is 10.8 Å². The highest BCUT2D eigenvalue weighted by Crippen LogP contribution is 2.41. The zero-order valence-electron chi connectivity index (χ0n) is 24.6. The Morgan fingerprint density at radius 3 is 2.86 bits per heavy atom. The van der Waals surface area contributed by atoms with Crippen LogP contribution in [-0.2, 0) is 24.3 Å². The van der Waals surface area contributed by atoms with Crippen molar-refractivity contribution < 1.29 is 23.8 Å². The summed E-state index contributed by atoms with van der Waals surface area (Å²) in [6, 6.07) is 6.55. The van der Waals surface area contributed by atoms with Gasteiger partial charge in [-0.2, -0.15) is 9.97 Å². The minimum atomic E-state index is -0.353. The molecule has 4 aromatic rings. The van der Waals surface area contributed by atoms with Crippen molar-refractivity contribution in [2.75, 3.05) is 49.2 Å². The molecule has 0 spiro atoms. The molecule has 2 aromatic carbocycles. The van der Waals surface area contributed by atoms with Gasteiger partial charge in [0.25, 0.3) is 5.91 Å². The molecule has 0 aliphatic carbocycles. The van der Waals surface area contributed by atoms with Gasteiger partial charge in [0.05, 0.1) is 36.8 Å². The number of aromatic hydroxyl groups is 1. The highest BCUT2D eigenvalue weighted by atomic mass is 19.1. The van der Waals surface area contributed by atoms with Crippen LogP contribution in [0, 0.1) is 5.82 Å². The van der Waals surface area contributed by atoms with Crippen LogP contribution in [-0.4, -0.2) is 75.4 Å². The molecule has 5 heterocycles. The van der Waals surface area contributed by atoms with Crippen molar-refractivity contribution in [2.45, 2.75) is 51.8 Å². The first-order valence-corrected chi connectivity index (χ1v) is 15.2. The number of phenols is 1. The maximum atomic E-state index is 14.9. The van der Waals surface area contributed by atoms with E-state index in [-0.39, 0.29) is 36.6 Å². The molecule has 3 aliphatic rings. The Bertz CT molecular complexity index is 1700. The van der Waals surface area contributed by atoms with Crippen molar-refractivity contribution in [2.24, 2.45) is 0 Å². The molecule has 3 aliphatic heterocycles. The molecule has 44 heavy (non-hydrogen) atoms. The van der Waals surface area contributed by atoms with Gasteiger partial charge in [0, 0.05) is 31.1 Å². The van der Waals surface area contributed by atoms with Gasteiger partial charge < -0.3 is 29.7 Å². The number of fused-ring (bicyclic) bond motifs is 2. The Labute approximate surface area is 253 Å². The number of benzene rings is 2. The van der Waals surface area contributed by atoms with E-state index in [1.165, 1.54) is 12.1 Å². The number of hydrogen-bond donors (Lipinski definition) is 2. The van der Waals surface area contributed by atoms with Crippen molar-refractivity contribution in [1.29, 1.82) is 0 Å². The number of phenolic OH excluding ortho intramolecular Hbond substituents is 1. The van der Waals surface area contributed by atoms with Crippen LogP contribution in [0.2, 0.25) is 0 Å². The minimum Gasteiger partial charge on any atom is -0.508 e. The minimum absolute atomic E-state index is 0.0116. The molecule has 2 aromatic heterocycles. The van der Waals surface area contributed by atoms with Crippen molar-refractivity contribution >= 4 is 28.2 Å². The van der Waals surface area contributed by atoms with Gasteiger partial charge in [-0.25, -0.2) is 9.07 Å². The van der Waals surface area contributed by atoms with Crippen LogP contribution < -0.4 is 19.9 Å². The second kappa shape index (κ2) is 12.0. The summed E-state index contributed by atoms with van der Waals surface area (Å²) in [4.78, 5) is 27.2. The van der Waals surface area contributed by atoms with Crippen LogP contribution in [0.4, 0.5) is 15.9 Å². The van der Waals surface area contributed by atoms with Gasteiger partial charge in [-0.05, 0) is 61.9 Å². The number of halogens is 1. The predicted octanol–water partition coefficient (Wildman–Crippen LogP) is 3.52. The number of piperidine rings is 1. The highest BCUT2D eigenvalue weighted by molar-refractivity contribution is 6.16. The average molecular weight is 603 g/mol. The Balaban J connectivity index is 1.24. The Kier molecular flexibility index (Phi) is 7.73. The molecular weight excluding hydrogens is 567 g/mol. The van der Waals surface area contributed by atoms with E-state index in [1.807, 2.05) is 22.7 Å². The Morgan fingerprint density at radius 1 is 1.16 bits per heavy atom. The maximum absolute atomic E-state index is 14.9. The molecule has 230 valence electrons. The fraction of sp³-hybridized carbons (Fsp3) is 0.452. The second-order valence-corrected chi connectivity index (χ2v) is 11.4. The number of carbonyl (C=O) groups is 1.